The lowest BCUT2D eigenvalue weighted by Crippen LogP contribution is -2.30. The maximum Gasteiger partial charge on any atom is 0.228 e. The van der Waals surface area contributed by atoms with Crippen molar-refractivity contribution in [3.05, 3.63) is 28.6 Å². The quantitative estimate of drug-likeness (QED) is 0.921. The lowest BCUT2D eigenvalue weighted by atomic mass is 10.1. The van der Waals surface area contributed by atoms with Crippen LogP contribution in [0.5, 0.6) is 0 Å². The van der Waals surface area contributed by atoms with E-state index in [2.05, 4.69) is 11.1 Å². The number of aromatic nitrogens is 1. The highest BCUT2D eigenvalue weighted by Gasteiger charge is 2.26. The van der Waals surface area contributed by atoms with Crippen molar-refractivity contribution in [2.45, 2.75) is 19.3 Å². The molecule has 0 aliphatic carbocycles. The first kappa shape index (κ1) is 14.7. The molecule has 0 saturated carbocycles. The highest BCUT2D eigenvalue weighted by atomic mass is 32.1. The number of nitrogens with zero attached hydrogens (tertiary/aromatic N) is 2. The van der Waals surface area contributed by atoms with Gasteiger partial charge in [-0.15, -0.1) is 22.7 Å². The molecular weight excluding hydrogens is 304 g/mol. The molecule has 0 spiro atoms. The monoisotopic (exact) mass is 322 g/mol. The number of carbonyl (C=O) groups excluding carboxylic acids is 1. The largest absolute Gasteiger partial charge is 0.396 e. The Morgan fingerprint density at radius 3 is 3.14 bits per heavy atom. The minimum absolute atomic E-state index is 0.151. The summed E-state index contributed by atoms with van der Waals surface area (Å²) in [5, 5.41) is 14.0. The van der Waals surface area contributed by atoms with Gasteiger partial charge in [0.2, 0.25) is 5.91 Å². The fourth-order valence-electron chi connectivity index (χ4n) is 2.65. The van der Waals surface area contributed by atoms with E-state index in [-0.39, 0.29) is 12.5 Å². The van der Waals surface area contributed by atoms with Crippen molar-refractivity contribution < 1.29 is 9.90 Å². The first-order valence-electron chi connectivity index (χ1n) is 7.13. The number of thiazole rings is 1. The third kappa shape index (κ3) is 3.51. The Morgan fingerprint density at radius 2 is 2.38 bits per heavy atom. The van der Waals surface area contributed by atoms with Gasteiger partial charge in [-0.2, -0.15) is 0 Å². The van der Waals surface area contributed by atoms with Gasteiger partial charge in [0.1, 0.15) is 5.01 Å². The number of carbonyl (C=O) groups is 1. The molecule has 112 valence electrons. The Morgan fingerprint density at radius 1 is 1.48 bits per heavy atom. The molecule has 1 amide bonds. The van der Waals surface area contributed by atoms with E-state index in [0.29, 0.717) is 12.3 Å². The lowest BCUT2D eigenvalue weighted by molar-refractivity contribution is -0.129. The molecule has 2 aromatic heterocycles. The molecule has 4 nitrogen and oxygen atoms in total. The summed E-state index contributed by atoms with van der Waals surface area (Å²) in [4.78, 5) is 19.9. The first-order chi connectivity index (χ1) is 10.3. The fourth-order valence-corrected chi connectivity index (χ4v) is 4.28. The average molecular weight is 322 g/mol. The van der Waals surface area contributed by atoms with Gasteiger partial charge >= 0.3 is 0 Å². The van der Waals surface area contributed by atoms with Crippen molar-refractivity contribution in [1.29, 1.82) is 0 Å². The summed E-state index contributed by atoms with van der Waals surface area (Å²) in [6.45, 7) is 1.80. The lowest BCUT2D eigenvalue weighted by Gasteiger charge is -2.15. The zero-order valence-electron chi connectivity index (χ0n) is 11.7. The minimum atomic E-state index is 0.151. The van der Waals surface area contributed by atoms with Crippen LogP contribution in [0.4, 0.5) is 0 Å². The highest BCUT2D eigenvalue weighted by molar-refractivity contribution is 7.20. The summed E-state index contributed by atoms with van der Waals surface area (Å²) >= 11 is 3.26. The van der Waals surface area contributed by atoms with Crippen molar-refractivity contribution in [1.82, 2.24) is 9.88 Å². The van der Waals surface area contributed by atoms with Crippen molar-refractivity contribution in [3.63, 3.8) is 0 Å². The number of rotatable bonds is 5. The molecule has 1 N–H and O–H groups in total. The molecule has 1 atom stereocenters. The number of likely N-dealkylation sites (tertiary alicyclic amines) is 1. The number of hydrogen-bond donors (Lipinski definition) is 1. The van der Waals surface area contributed by atoms with E-state index in [9.17, 15) is 4.79 Å². The van der Waals surface area contributed by atoms with Crippen molar-refractivity contribution in [3.8, 4) is 9.88 Å². The number of aliphatic hydroxyl groups is 1. The van der Waals surface area contributed by atoms with Crippen LogP contribution in [0, 0.1) is 5.92 Å². The molecule has 1 fully saturated rings. The Hall–Kier alpha value is -1.24. The molecular formula is C15H18N2O2S2. The van der Waals surface area contributed by atoms with Crippen LogP contribution in [-0.2, 0) is 11.2 Å². The fraction of sp³-hybridized carbons (Fsp3) is 0.467. The van der Waals surface area contributed by atoms with Crippen LogP contribution < -0.4 is 0 Å². The van der Waals surface area contributed by atoms with E-state index in [0.717, 1.165) is 41.5 Å². The third-order valence-electron chi connectivity index (χ3n) is 3.79. The van der Waals surface area contributed by atoms with Gasteiger partial charge in [0.05, 0.1) is 17.0 Å². The Balaban J connectivity index is 1.58. The van der Waals surface area contributed by atoms with Crippen LogP contribution in [0.25, 0.3) is 9.88 Å². The van der Waals surface area contributed by atoms with Gasteiger partial charge in [0.25, 0.3) is 0 Å². The molecule has 21 heavy (non-hydrogen) atoms. The van der Waals surface area contributed by atoms with Crippen molar-refractivity contribution >= 4 is 28.6 Å². The smallest absolute Gasteiger partial charge is 0.228 e. The second-order valence-corrected chi connectivity index (χ2v) is 7.11. The van der Waals surface area contributed by atoms with Crippen LogP contribution in [0.15, 0.2) is 22.9 Å². The predicted octanol–water partition coefficient (Wildman–Crippen LogP) is 2.65. The third-order valence-corrected chi connectivity index (χ3v) is 5.72. The second-order valence-electron chi connectivity index (χ2n) is 5.30. The second kappa shape index (κ2) is 6.68. The molecule has 0 radical (unpaired) electrons. The summed E-state index contributed by atoms with van der Waals surface area (Å²) in [6, 6.07) is 4.06. The van der Waals surface area contributed by atoms with Crippen LogP contribution in [-0.4, -0.2) is 40.6 Å². The van der Waals surface area contributed by atoms with Crippen LogP contribution in [0.1, 0.15) is 18.5 Å². The molecule has 0 aromatic carbocycles. The maximum absolute atomic E-state index is 12.3. The van der Waals surface area contributed by atoms with Gasteiger partial charge in [-0.25, -0.2) is 4.98 Å². The van der Waals surface area contributed by atoms with Crippen molar-refractivity contribution in [2.24, 2.45) is 5.92 Å². The maximum atomic E-state index is 12.3. The standard InChI is InChI=1S/C15H18N2O2S2/c18-6-4-11-3-5-17(9-11)14(19)8-12-10-21-15(16-12)13-2-1-7-20-13/h1-2,7,10-11,18H,3-6,8-9H2. The summed E-state index contributed by atoms with van der Waals surface area (Å²) in [5.41, 5.74) is 0.860. The normalized spacial score (nSPS) is 18.3. The molecule has 1 saturated heterocycles. The number of aliphatic hydroxyl groups excluding tert-OH is 1. The Kier molecular flexibility index (Phi) is 4.67. The molecule has 1 aliphatic rings. The Bertz CT molecular complexity index is 595. The van der Waals surface area contributed by atoms with Gasteiger partial charge < -0.3 is 10.0 Å². The summed E-state index contributed by atoms with van der Waals surface area (Å²) in [5.74, 6) is 0.606. The van der Waals surface area contributed by atoms with Crippen LogP contribution >= 0.6 is 22.7 Å². The number of amides is 1. The van der Waals surface area contributed by atoms with E-state index in [1.807, 2.05) is 21.7 Å². The summed E-state index contributed by atoms with van der Waals surface area (Å²) < 4.78 is 0. The topological polar surface area (TPSA) is 53.4 Å². The van der Waals surface area contributed by atoms with Gasteiger partial charge in [-0.3, -0.25) is 4.79 Å². The molecule has 1 unspecified atom stereocenters. The van der Waals surface area contributed by atoms with E-state index in [4.69, 9.17) is 5.11 Å². The molecule has 6 heteroatoms. The average Bonchev–Trinajstić information content (AvgIpc) is 3.20. The zero-order valence-corrected chi connectivity index (χ0v) is 13.3. The Labute approximate surface area is 132 Å². The van der Waals surface area contributed by atoms with Gasteiger partial charge in [-0.05, 0) is 30.2 Å². The van der Waals surface area contributed by atoms with Gasteiger partial charge in [-0.1, -0.05) is 6.07 Å². The van der Waals surface area contributed by atoms with Gasteiger partial charge in [0, 0.05) is 25.1 Å². The van der Waals surface area contributed by atoms with E-state index in [1.54, 1.807) is 22.7 Å². The van der Waals surface area contributed by atoms with E-state index >= 15 is 0 Å². The molecule has 2 aromatic rings. The zero-order chi connectivity index (χ0) is 14.7. The predicted molar refractivity (Wildman–Crippen MR) is 85.5 cm³/mol. The molecule has 3 rings (SSSR count). The molecule has 1 aliphatic heterocycles. The summed E-state index contributed by atoms with van der Waals surface area (Å²) in [7, 11) is 0. The van der Waals surface area contributed by atoms with Gasteiger partial charge in [0.15, 0.2) is 0 Å². The molecule has 3 heterocycles. The molecule has 0 bridgehead atoms. The van der Waals surface area contributed by atoms with Crippen LogP contribution in [0.3, 0.4) is 0 Å². The van der Waals surface area contributed by atoms with E-state index < -0.39 is 0 Å². The minimum Gasteiger partial charge on any atom is -0.396 e. The van der Waals surface area contributed by atoms with E-state index in [1.165, 1.54) is 0 Å². The van der Waals surface area contributed by atoms with Crippen molar-refractivity contribution in [2.75, 3.05) is 19.7 Å². The van der Waals surface area contributed by atoms with Crippen LogP contribution in [0.2, 0.25) is 0 Å². The SMILES string of the molecule is O=C(Cc1csc(-c2cccs2)n1)N1CCC(CCO)C1. The number of hydrogen-bond acceptors (Lipinski definition) is 5. The highest BCUT2D eigenvalue weighted by Crippen LogP contribution is 2.28. The first-order valence-corrected chi connectivity index (χ1v) is 8.89. The number of thiophene rings is 1. The summed E-state index contributed by atoms with van der Waals surface area (Å²) in [6.07, 6.45) is 2.18.